The second kappa shape index (κ2) is 11.0. The maximum atomic E-state index is 11.7. The van der Waals surface area contributed by atoms with E-state index in [1.807, 2.05) is 45.2 Å². The van der Waals surface area contributed by atoms with Gasteiger partial charge >= 0.3 is 0 Å². The summed E-state index contributed by atoms with van der Waals surface area (Å²) in [6, 6.07) is 8.32. The fourth-order valence-electron chi connectivity index (χ4n) is 1.71. The van der Waals surface area contributed by atoms with Crippen molar-refractivity contribution in [3.05, 3.63) is 35.4 Å². The molecular formula is C16H26ClN3O2. The van der Waals surface area contributed by atoms with Gasteiger partial charge < -0.3 is 16.0 Å². The number of carbonyl (C=O) groups excluding carboxylic acids is 2. The minimum atomic E-state index is -0.166. The Hall–Kier alpha value is -1.59. The third-order valence-electron chi connectivity index (χ3n) is 3.31. The largest absolute Gasteiger partial charge is 0.353 e. The van der Waals surface area contributed by atoms with Crippen molar-refractivity contribution in [1.82, 2.24) is 16.0 Å². The molecule has 2 amide bonds. The Bertz CT molecular complexity index is 463. The van der Waals surface area contributed by atoms with Crippen LogP contribution in [-0.4, -0.2) is 38.0 Å². The van der Waals surface area contributed by atoms with Crippen LogP contribution in [0.3, 0.4) is 0 Å². The summed E-state index contributed by atoms with van der Waals surface area (Å²) < 4.78 is 0. The van der Waals surface area contributed by atoms with Gasteiger partial charge in [0.05, 0.1) is 6.54 Å². The van der Waals surface area contributed by atoms with E-state index < -0.39 is 0 Å². The summed E-state index contributed by atoms with van der Waals surface area (Å²) in [6.45, 7) is 4.59. The van der Waals surface area contributed by atoms with Crippen LogP contribution in [0.2, 0.25) is 0 Å². The minimum absolute atomic E-state index is 0. The van der Waals surface area contributed by atoms with Gasteiger partial charge in [-0.1, -0.05) is 29.8 Å². The molecule has 1 atom stereocenters. The minimum Gasteiger partial charge on any atom is -0.353 e. The van der Waals surface area contributed by atoms with Crippen LogP contribution in [0.1, 0.15) is 24.5 Å². The summed E-state index contributed by atoms with van der Waals surface area (Å²) in [6.07, 6.45) is 1.08. The highest BCUT2D eigenvalue weighted by atomic mass is 35.5. The quantitative estimate of drug-likeness (QED) is 0.671. The van der Waals surface area contributed by atoms with Crippen molar-refractivity contribution in [1.29, 1.82) is 0 Å². The second-order valence-electron chi connectivity index (χ2n) is 5.26. The lowest BCUT2D eigenvalue weighted by Gasteiger charge is -2.11. The fraction of sp³-hybridized carbons (Fsp3) is 0.500. The molecule has 0 fully saturated rings. The molecule has 0 bridgehead atoms. The zero-order valence-electron chi connectivity index (χ0n) is 13.4. The first-order valence-electron chi connectivity index (χ1n) is 7.27. The predicted molar refractivity (Wildman–Crippen MR) is 91.3 cm³/mol. The van der Waals surface area contributed by atoms with Gasteiger partial charge in [-0.3, -0.25) is 9.59 Å². The Balaban J connectivity index is 0.00000441. The van der Waals surface area contributed by atoms with Gasteiger partial charge in [0.1, 0.15) is 0 Å². The van der Waals surface area contributed by atoms with Crippen LogP contribution < -0.4 is 16.0 Å². The van der Waals surface area contributed by atoms with E-state index in [0.717, 1.165) is 5.56 Å². The van der Waals surface area contributed by atoms with Crippen molar-refractivity contribution >= 4 is 24.2 Å². The number of rotatable bonds is 8. The number of amides is 2. The first-order chi connectivity index (χ1) is 10.0. The van der Waals surface area contributed by atoms with Crippen molar-refractivity contribution in [3.63, 3.8) is 0 Å². The van der Waals surface area contributed by atoms with Gasteiger partial charge in [0, 0.05) is 19.0 Å². The maximum absolute atomic E-state index is 11.7. The Morgan fingerprint density at radius 2 is 1.73 bits per heavy atom. The highest BCUT2D eigenvalue weighted by molar-refractivity contribution is 5.85. The van der Waals surface area contributed by atoms with E-state index in [9.17, 15) is 9.59 Å². The van der Waals surface area contributed by atoms with Gasteiger partial charge in [0.2, 0.25) is 11.8 Å². The monoisotopic (exact) mass is 327 g/mol. The van der Waals surface area contributed by atoms with E-state index in [-0.39, 0.29) is 36.8 Å². The number of likely N-dealkylation sites (N-methyl/N-ethyl adjacent to an activating group) is 1. The normalized spacial score (nSPS) is 11.2. The van der Waals surface area contributed by atoms with Crippen molar-refractivity contribution in [3.8, 4) is 0 Å². The lowest BCUT2D eigenvalue weighted by Crippen LogP contribution is -2.42. The molecule has 0 aliphatic carbocycles. The lowest BCUT2D eigenvalue weighted by molar-refractivity contribution is -0.126. The van der Waals surface area contributed by atoms with Crippen LogP contribution in [0, 0.1) is 6.92 Å². The summed E-state index contributed by atoms with van der Waals surface area (Å²) in [4.78, 5) is 23.2. The molecule has 6 heteroatoms. The topological polar surface area (TPSA) is 70.2 Å². The number of hydrogen-bond donors (Lipinski definition) is 3. The van der Waals surface area contributed by atoms with E-state index in [1.54, 1.807) is 0 Å². The summed E-state index contributed by atoms with van der Waals surface area (Å²) in [5.41, 5.74) is 2.33. The molecular weight excluding hydrogens is 302 g/mol. The smallest absolute Gasteiger partial charge is 0.239 e. The third-order valence-corrected chi connectivity index (χ3v) is 3.31. The summed E-state index contributed by atoms with van der Waals surface area (Å²) in [5.74, 6) is -0.270. The van der Waals surface area contributed by atoms with Crippen LogP contribution >= 0.6 is 12.4 Å². The van der Waals surface area contributed by atoms with Crippen LogP contribution in [0.4, 0.5) is 0 Å². The molecule has 22 heavy (non-hydrogen) atoms. The SMILES string of the molecule is CNC(C)CNC(=O)CNC(=O)CCc1ccc(C)cc1.Cl. The average Bonchev–Trinajstić information content (AvgIpc) is 2.49. The van der Waals surface area contributed by atoms with Crippen molar-refractivity contribution in [2.75, 3.05) is 20.1 Å². The molecule has 1 aromatic rings. The second-order valence-corrected chi connectivity index (χ2v) is 5.26. The summed E-state index contributed by atoms with van der Waals surface area (Å²) in [7, 11) is 1.84. The number of hydrogen-bond acceptors (Lipinski definition) is 3. The first kappa shape index (κ1) is 20.4. The molecule has 0 aliphatic rings. The highest BCUT2D eigenvalue weighted by Gasteiger charge is 2.07. The molecule has 3 N–H and O–H groups in total. The number of halogens is 1. The zero-order chi connectivity index (χ0) is 15.7. The molecule has 5 nitrogen and oxygen atoms in total. The summed E-state index contributed by atoms with van der Waals surface area (Å²) in [5, 5.41) is 8.41. The van der Waals surface area contributed by atoms with Crippen LogP contribution in [-0.2, 0) is 16.0 Å². The van der Waals surface area contributed by atoms with Crippen LogP contribution in [0.25, 0.3) is 0 Å². The Labute approximate surface area is 138 Å². The fourth-order valence-corrected chi connectivity index (χ4v) is 1.71. The van der Waals surface area contributed by atoms with Crippen molar-refractivity contribution in [2.24, 2.45) is 0 Å². The molecule has 0 aliphatic heterocycles. The predicted octanol–water partition coefficient (Wildman–Crippen LogP) is 1.19. The van der Waals surface area contributed by atoms with E-state index in [0.29, 0.717) is 19.4 Å². The number of benzene rings is 1. The van der Waals surface area contributed by atoms with Gasteiger partial charge in [0.15, 0.2) is 0 Å². The van der Waals surface area contributed by atoms with E-state index in [1.165, 1.54) is 5.56 Å². The average molecular weight is 328 g/mol. The molecule has 124 valence electrons. The van der Waals surface area contributed by atoms with Gasteiger partial charge in [-0.2, -0.15) is 0 Å². The van der Waals surface area contributed by atoms with Crippen molar-refractivity contribution in [2.45, 2.75) is 32.7 Å². The number of carbonyl (C=O) groups is 2. The molecule has 0 saturated carbocycles. The van der Waals surface area contributed by atoms with Crippen LogP contribution in [0.5, 0.6) is 0 Å². The Morgan fingerprint density at radius 3 is 2.32 bits per heavy atom. The van der Waals surface area contributed by atoms with Gasteiger partial charge in [-0.05, 0) is 32.9 Å². The van der Waals surface area contributed by atoms with Gasteiger partial charge in [0.25, 0.3) is 0 Å². The maximum Gasteiger partial charge on any atom is 0.239 e. The van der Waals surface area contributed by atoms with E-state index >= 15 is 0 Å². The first-order valence-corrected chi connectivity index (χ1v) is 7.27. The molecule has 1 unspecified atom stereocenters. The van der Waals surface area contributed by atoms with Gasteiger partial charge in [-0.25, -0.2) is 0 Å². The van der Waals surface area contributed by atoms with E-state index in [4.69, 9.17) is 0 Å². The Morgan fingerprint density at radius 1 is 1.09 bits per heavy atom. The summed E-state index contributed by atoms with van der Waals surface area (Å²) >= 11 is 0. The van der Waals surface area contributed by atoms with Crippen molar-refractivity contribution < 1.29 is 9.59 Å². The molecule has 0 radical (unpaired) electrons. The number of aryl methyl sites for hydroxylation is 2. The molecule has 0 aromatic heterocycles. The van der Waals surface area contributed by atoms with Crippen LogP contribution in [0.15, 0.2) is 24.3 Å². The zero-order valence-corrected chi connectivity index (χ0v) is 14.3. The Kier molecular flexibility index (Phi) is 10.2. The molecule has 1 rings (SSSR count). The standard InChI is InChI=1S/C16H25N3O2.ClH/c1-12-4-6-14(7-5-12)8-9-15(20)19-11-16(21)18-10-13(2)17-3;/h4-7,13,17H,8-11H2,1-3H3,(H,18,21)(H,19,20);1H. The number of nitrogens with one attached hydrogen (secondary N) is 3. The van der Waals surface area contributed by atoms with E-state index in [2.05, 4.69) is 16.0 Å². The molecule has 1 aromatic carbocycles. The highest BCUT2D eigenvalue weighted by Crippen LogP contribution is 2.05. The molecule has 0 saturated heterocycles. The third kappa shape index (κ3) is 8.64. The molecule has 0 heterocycles. The van der Waals surface area contributed by atoms with Gasteiger partial charge in [-0.15, -0.1) is 12.4 Å². The lowest BCUT2D eigenvalue weighted by atomic mass is 10.1. The molecule has 0 spiro atoms.